The lowest BCUT2D eigenvalue weighted by Crippen LogP contribution is -2.42. The predicted molar refractivity (Wildman–Crippen MR) is 127 cm³/mol. The molecule has 0 heterocycles. The first kappa shape index (κ1) is 28.2. The van der Waals surface area contributed by atoms with E-state index in [0.29, 0.717) is 44.5 Å². The highest BCUT2D eigenvalue weighted by molar-refractivity contribution is 14.0. The van der Waals surface area contributed by atoms with Crippen molar-refractivity contribution in [1.29, 1.82) is 0 Å². The van der Waals surface area contributed by atoms with Gasteiger partial charge in [-0.25, -0.2) is 17.9 Å². The van der Waals surface area contributed by atoms with Crippen molar-refractivity contribution in [2.45, 2.75) is 59.0 Å². The largest absolute Gasteiger partial charge is 0.444 e. The molecule has 29 heavy (non-hydrogen) atoms. The molecule has 0 spiro atoms. The Kier molecular flexibility index (Phi) is 13.8. The van der Waals surface area contributed by atoms with E-state index in [1.54, 1.807) is 0 Å². The van der Waals surface area contributed by atoms with Crippen molar-refractivity contribution in [3.8, 4) is 0 Å². The van der Waals surface area contributed by atoms with Crippen molar-refractivity contribution in [2.75, 3.05) is 38.5 Å². The molecule has 1 rings (SSSR count). The van der Waals surface area contributed by atoms with Gasteiger partial charge in [0.05, 0.1) is 5.75 Å². The van der Waals surface area contributed by atoms with Gasteiger partial charge in [0, 0.05) is 32.7 Å². The third kappa shape index (κ3) is 14.8. The second-order valence-electron chi connectivity index (χ2n) is 7.93. The molecule has 0 saturated heterocycles. The van der Waals surface area contributed by atoms with Gasteiger partial charge in [-0.2, -0.15) is 0 Å². The van der Waals surface area contributed by atoms with Crippen LogP contribution in [-0.2, 0) is 14.8 Å². The maximum absolute atomic E-state index is 12.0. The van der Waals surface area contributed by atoms with Crippen molar-refractivity contribution < 1.29 is 17.9 Å². The molecule has 0 aromatic heterocycles. The number of alkyl carbamates (subject to hydrolysis) is 1. The Bertz CT molecular complexity index is 604. The minimum absolute atomic E-state index is 0. The molecule has 1 aliphatic carbocycles. The van der Waals surface area contributed by atoms with Gasteiger partial charge < -0.3 is 20.7 Å². The molecule has 1 amide bonds. The number of rotatable bonds is 11. The molecule has 9 nitrogen and oxygen atoms in total. The summed E-state index contributed by atoms with van der Waals surface area (Å²) in [6.07, 6.45) is 3.63. The smallest absolute Gasteiger partial charge is 0.407 e. The van der Waals surface area contributed by atoms with Gasteiger partial charge in [0.1, 0.15) is 5.60 Å². The van der Waals surface area contributed by atoms with Crippen LogP contribution in [0.4, 0.5) is 4.79 Å². The topological polar surface area (TPSA) is 121 Å². The molecule has 0 bridgehead atoms. The van der Waals surface area contributed by atoms with Crippen LogP contribution in [0.25, 0.3) is 0 Å². The number of hydrogen-bond acceptors (Lipinski definition) is 5. The summed E-state index contributed by atoms with van der Waals surface area (Å²) in [5.41, 5.74) is -0.516. The summed E-state index contributed by atoms with van der Waals surface area (Å²) < 4.78 is 31.9. The normalized spacial score (nSPS) is 15.1. The third-order valence-electron chi connectivity index (χ3n) is 4.10. The van der Waals surface area contributed by atoms with E-state index in [1.165, 1.54) is 6.42 Å². The number of hydrogen-bond donors (Lipinski definition) is 4. The molecule has 0 atom stereocenters. The number of carbonyl (C=O) groups is 1. The van der Waals surface area contributed by atoms with Crippen molar-refractivity contribution >= 4 is 46.1 Å². The molecule has 1 aliphatic rings. The summed E-state index contributed by atoms with van der Waals surface area (Å²) in [4.78, 5) is 15.9. The van der Waals surface area contributed by atoms with Crippen LogP contribution >= 0.6 is 24.0 Å². The molecule has 4 N–H and O–H groups in total. The first-order valence-electron chi connectivity index (χ1n) is 10.1. The van der Waals surface area contributed by atoms with E-state index in [1.807, 2.05) is 27.7 Å². The number of carbonyl (C=O) groups excluding carboxylic acids is 1. The monoisotopic (exact) mass is 547 g/mol. The average Bonchev–Trinajstić information content (AvgIpc) is 2.51. The highest BCUT2D eigenvalue weighted by Gasteiger charge is 2.20. The Morgan fingerprint density at radius 3 is 2.38 bits per heavy atom. The summed E-state index contributed by atoms with van der Waals surface area (Å²) >= 11 is 0. The summed E-state index contributed by atoms with van der Waals surface area (Å²) in [5, 5.41) is 8.79. The fraction of sp³-hybridized carbons (Fsp3) is 0.889. The number of nitrogens with zero attached hydrogens (tertiary/aromatic N) is 1. The Balaban J connectivity index is 0.00000784. The maximum atomic E-state index is 12.0. The van der Waals surface area contributed by atoms with Gasteiger partial charge in [0.15, 0.2) is 5.96 Å². The van der Waals surface area contributed by atoms with Crippen LogP contribution in [0.2, 0.25) is 0 Å². The second-order valence-corrected chi connectivity index (χ2v) is 9.86. The first-order valence-corrected chi connectivity index (χ1v) is 11.7. The molecule has 1 fully saturated rings. The van der Waals surface area contributed by atoms with Gasteiger partial charge in [-0.3, -0.25) is 4.99 Å². The van der Waals surface area contributed by atoms with Gasteiger partial charge in [0.2, 0.25) is 10.0 Å². The van der Waals surface area contributed by atoms with Crippen LogP contribution in [0.15, 0.2) is 4.99 Å². The number of ether oxygens (including phenoxy) is 1. The molecular weight excluding hydrogens is 509 g/mol. The second kappa shape index (κ2) is 14.2. The van der Waals surface area contributed by atoms with E-state index >= 15 is 0 Å². The maximum Gasteiger partial charge on any atom is 0.407 e. The van der Waals surface area contributed by atoms with Crippen LogP contribution in [-0.4, -0.2) is 64.5 Å². The third-order valence-corrected chi connectivity index (χ3v) is 5.45. The van der Waals surface area contributed by atoms with Gasteiger partial charge in [-0.1, -0.05) is 6.42 Å². The fourth-order valence-corrected chi connectivity index (χ4v) is 3.44. The van der Waals surface area contributed by atoms with Gasteiger partial charge in [0.25, 0.3) is 0 Å². The van der Waals surface area contributed by atoms with E-state index in [2.05, 4.69) is 25.7 Å². The van der Waals surface area contributed by atoms with Crippen molar-refractivity contribution in [2.24, 2.45) is 10.9 Å². The summed E-state index contributed by atoms with van der Waals surface area (Å²) in [5.74, 6) is 1.06. The minimum atomic E-state index is -3.27. The highest BCUT2D eigenvalue weighted by Crippen LogP contribution is 2.25. The van der Waals surface area contributed by atoms with E-state index in [0.717, 1.165) is 12.8 Å². The molecule has 11 heteroatoms. The first-order chi connectivity index (χ1) is 13.1. The van der Waals surface area contributed by atoms with Crippen LogP contribution in [0.3, 0.4) is 0 Å². The van der Waals surface area contributed by atoms with Crippen LogP contribution in [0.5, 0.6) is 0 Å². The quantitative estimate of drug-likeness (QED) is 0.136. The number of guanidine groups is 1. The molecule has 0 aromatic rings. The molecule has 0 unspecified atom stereocenters. The highest BCUT2D eigenvalue weighted by atomic mass is 127. The van der Waals surface area contributed by atoms with E-state index in [4.69, 9.17) is 4.74 Å². The zero-order chi connectivity index (χ0) is 21.0. The Labute approximate surface area is 192 Å². The van der Waals surface area contributed by atoms with Gasteiger partial charge >= 0.3 is 6.09 Å². The standard InChI is InChI=1S/C18H37N5O4S.HI/c1-5-19-16(20-10-7-11-22-17(24)27-18(2,3)4)21-12-13-28(25,26)23-14-15-8-6-9-15;/h15,23H,5-14H2,1-4H3,(H,22,24)(H2,19,20,21);1H. The van der Waals surface area contributed by atoms with Crippen molar-refractivity contribution in [1.82, 2.24) is 20.7 Å². The number of sulfonamides is 1. The number of nitrogens with one attached hydrogen (secondary N) is 4. The number of amides is 1. The number of halogens is 1. The Morgan fingerprint density at radius 2 is 1.83 bits per heavy atom. The Morgan fingerprint density at radius 1 is 1.14 bits per heavy atom. The van der Waals surface area contributed by atoms with Crippen LogP contribution < -0.4 is 20.7 Å². The summed E-state index contributed by atoms with van der Waals surface area (Å²) in [6.45, 7) is 9.84. The SMILES string of the molecule is CCNC(=NCCCNC(=O)OC(C)(C)C)NCCS(=O)(=O)NCC1CCC1.I. The van der Waals surface area contributed by atoms with Gasteiger partial charge in [-0.15, -0.1) is 24.0 Å². The zero-order valence-electron chi connectivity index (χ0n) is 18.0. The fourth-order valence-electron chi connectivity index (χ4n) is 2.43. The lowest BCUT2D eigenvalue weighted by Gasteiger charge is -2.25. The van der Waals surface area contributed by atoms with E-state index < -0.39 is 21.7 Å². The molecule has 0 aliphatic heterocycles. The minimum Gasteiger partial charge on any atom is -0.444 e. The molecule has 1 saturated carbocycles. The zero-order valence-corrected chi connectivity index (χ0v) is 21.2. The predicted octanol–water partition coefficient (Wildman–Crippen LogP) is 1.79. The van der Waals surface area contributed by atoms with Crippen LogP contribution in [0, 0.1) is 5.92 Å². The molecular formula is C18H38IN5O4S. The lowest BCUT2D eigenvalue weighted by molar-refractivity contribution is 0.0527. The average molecular weight is 548 g/mol. The molecule has 172 valence electrons. The van der Waals surface area contributed by atoms with Crippen molar-refractivity contribution in [3.63, 3.8) is 0 Å². The molecule has 0 radical (unpaired) electrons. The summed E-state index contributed by atoms with van der Waals surface area (Å²) in [6, 6.07) is 0. The Hall–Kier alpha value is -0.820. The van der Waals surface area contributed by atoms with Gasteiger partial charge in [-0.05, 0) is 52.9 Å². The summed E-state index contributed by atoms with van der Waals surface area (Å²) in [7, 11) is -3.27. The lowest BCUT2D eigenvalue weighted by atomic mass is 9.86. The van der Waals surface area contributed by atoms with Crippen molar-refractivity contribution in [3.05, 3.63) is 0 Å². The van der Waals surface area contributed by atoms with E-state index in [9.17, 15) is 13.2 Å². The number of aliphatic imine (C=N–C) groups is 1. The van der Waals surface area contributed by atoms with Crippen LogP contribution in [0.1, 0.15) is 53.4 Å². The molecule has 0 aromatic carbocycles. The van der Waals surface area contributed by atoms with E-state index in [-0.39, 0.29) is 36.3 Å².